The molecule has 3 atom stereocenters. The van der Waals surface area contributed by atoms with Gasteiger partial charge in [-0.25, -0.2) is 12.8 Å². The molecule has 12 heteroatoms. The van der Waals surface area contributed by atoms with Crippen LogP contribution >= 0.6 is 11.6 Å². The molecule has 2 unspecified atom stereocenters. The topological polar surface area (TPSA) is 130 Å². The van der Waals surface area contributed by atoms with Crippen molar-refractivity contribution in [3.63, 3.8) is 0 Å². The highest BCUT2D eigenvalue weighted by Crippen LogP contribution is 2.42. The number of hydrogen-bond donors (Lipinski definition) is 3. The molecule has 2 aromatic carbocycles. The van der Waals surface area contributed by atoms with Gasteiger partial charge in [0.2, 0.25) is 10.0 Å². The molecule has 0 aliphatic carbocycles. The predicted molar refractivity (Wildman–Crippen MR) is 118 cm³/mol. The summed E-state index contributed by atoms with van der Waals surface area (Å²) in [6, 6.07) is 4.66. The average molecular weight is 496 g/mol. The first kappa shape index (κ1) is 23.6. The van der Waals surface area contributed by atoms with E-state index in [0.717, 1.165) is 5.56 Å². The van der Waals surface area contributed by atoms with Gasteiger partial charge >= 0.3 is 0 Å². The molecule has 2 heterocycles. The number of fused-ring (bicyclic) bond motifs is 1. The van der Waals surface area contributed by atoms with Gasteiger partial charge in [-0.3, -0.25) is 0 Å². The summed E-state index contributed by atoms with van der Waals surface area (Å²) in [5.74, 6) is -1.11. The zero-order valence-corrected chi connectivity index (χ0v) is 19.7. The second-order valence-electron chi connectivity index (χ2n) is 8.00. The molecular formula is C21H23ClFN5O4S. The van der Waals surface area contributed by atoms with Crippen molar-refractivity contribution in [1.82, 2.24) is 25.3 Å². The summed E-state index contributed by atoms with van der Waals surface area (Å²) in [5, 5.41) is 24.3. The van der Waals surface area contributed by atoms with Crippen LogP contribution in [0, 0.1) is 19.7 Å². The maximum absolute atomic E-state index is 14.8. The fourth-order valence-electron chi connectivity index (χ4n) is 4.08. The van der Waals surface area contributed by atoms with E-state index in [2.05, 4.69) is 25.3 Å². The van der Waals surface area contributed by atoms with Crippen LogP contribution < -0.4 is 9.46 Å². The van der Waals surface area contributed by atoms with Crippen molar-refractivity contribution < 1.29 is 22.7 Å². The lowest BCUT2D eigenvalue weighted by Gasteiger charge is -2.28. The largest absolute Gasteiger partial charge is 0.492 e. The second-order valence-corrected chi connectivity index (χ2v) is 10.1. The summed E-state index contributed by atoms with van der Waals surface area (Å²) in [6.45, 7) is 5.44. The number of aliphatic hydroxyl groups excluding tert-OH is 1. The number of hydrogen-bond acceptors (Lipinski definition) is 7. The lowest BCUT2D eigenvalue weighted by atomic mass is 9.88. The quantitative estimate of drug-likeness (QED) is 0.478. The van der Waals surface area contributed by atoms with E-state index in [1.54, 1.807) is 19.9 Å². The third kappa shape index (κ3) is 4.33. The molecule has 0 spiro atoms. The number of halogens is 2. The van der Waals surface area contributed by atoms with Crippen LogP contribution in [0.3, 0.4) is 0 Å². The molecule has 176 valence electrons. The van der Waals surface area contributed by atoms with Crippen LogP contribution in [0.5, 0.6) is 5.75 Å². The Morgan fingerprint density at radius 1 is 1.30 bits per heavy atom. The molecule has 0 amide bonds. The molecule has 3 N–H and O–H groups in total. The van der Waals surface area contributed by atoms with Gasteiger partial charge in [-0.2, -0.15) is 9.94 Å². The molecule has 0 fully saturated rings. The maximum Gasteiger partial charge on any atom is 0.244 e. The van der Waals surface area contributed by atoms with Crippen molar-refractivity contribution in [3.05, 3.63) is 63.2 Å². The van der Waals surface area contributed by atoms with Gasteiger partial charge in [0.25, 0.3) is 0 Å². The second kappa shape index (κ2) is 8.98. The van der Waals surface area contributed by atoms with Crippen LogP contribution in [0.4, 0.5) is 4.39 Å². The van der Waals surface area contributed by atoms with Crippen LogP contribution in [0.1, 0.15) is 59.5 Å². The zero-order valence-electron chi connectivity index (χ0n) is 18.1. The number of H-pyrrole nitrogens is 1. The van der Waals surface area contributed by atoms with E-state index in [4.69, 9.17) is 16.3 Å². The van der Waals surface area contributed by atoms with Crippen LogP contribution in [-0.4, -0.2) is 40.8 Å². The minimum Gasteiger partial charge on any atom is -0.492 e. The molecule has 1 aliphatic rings. The number of benzene rings is 2. The van der Waals surface area contributed by atoms with Crippen LogP contribution in [0.2, 0.25) is 5.02 Å². The number of aliphatic hydroxyl groups is 1. The first-order valence-corrected chi connectivity index (χ1v) is 12.1. The number of tetrazole rings is 1. The number of rotatable bonds is 6. The van der Waals surface area contributed by atoms with Crippen molar-refractivity contribution in [2.75, 3.05) is 6.61 Å². The number of aromatic nitrogens is 4. The molecular weight excluding hydrogens is 473 g/mol. The Bertz CT molecular complexity index is 1290. The SMILES string of the molecule is Cc1ccc(F)c(C(C)C(NS(=O)(=O)c2ccc(Cl)c3c2OCC[C@@H]3O)c2nn[nH]n2)c1C. The first-order chi connectivity index (χ1) is 15.6. The lowest BCUT2D eigenvalue weighted by Crippen LogP contribution is -2.34. The minimum absolute atomic E-state index is 0.00817. The number of aromatic amines is 1. The molecule has 4 rings (SSSR count). The normalized spacial score (nSPS) is 17.8. The van der Waals surface area contributed by atoms with Gasteiger partial charge in [0.1, 0.15) is 16.5 Å². The summed E-state index contributed by atoms with van der Waals surface area (Å²) in [5.41, 5.74) is 2.13. The van der Waals surface area contributed by atoms with Gasteiger partial charge in [-0.1, -0.05) is 29.8 Å². The van der Waals surface area contributed by atoms with Gasteiger partial charge in [-0.05, 0) is 48.7 Å². The summed E-state index contributed by atoms with van der Waals surface area (Å²) in [7, 11) is -4.24. The number of nitrogens with zero attached hydrogens (tertiary/aromatic N) is 3. The van der Waals surface area contributed by atoms with Gasteiger partial charge in [0, 0.05) is 17.9 Å². The van der Waals surface area contributed by atoms with E-state index in [1.165, 1.54) is 18.2 Å². The third-order valence-corrected chi connectivity index (χ3v) is 7.77. The Labute approximate surface area is 195 Å². The Kier molecular flexibility index (Phi) is 6.41. The summed E-state index contributed by atoms with van der Waals surface area (Å²) in [4.78, 5) is -0.192. The van der Waals surface area contributed by atoms with Gasteiger partial charge in [0.05, 0.1) is 23.8 Å². The van der Waals surface area contributed by atoms with E-state index in [-0.39, 0.29) is 40.1 Å². The lowest BCUT2D eigenvalue weighted by molar-refractivity contribution is 0.113. The predicted octanol–water partition coefficient (Wildman–Crippen LogP) is 3.25. The number of sulfonamides is 1. The molecule has 1 aromatic heterocycles. The Hall–Kier alpha value is -2.60. The summed E-state index contributed by atoms with van der Waals surface area (Å²) in [6.07, 6.45) is -0.662. The summed E-state index contributed by atoms with van der Waals surface area (Å²) >= 11 is 6.20. The van der Waals surface area contributed by atoms with E-state index in [1.807, 2.05) is 6.92 Å². The number of aryl methyl sites for hydroxylation is 1. The van der Waals surface area contributed by atoms with Crippen molar-refractivity contribution in [2.45, 2.75) is 50.2 Å². The first-order valence-electron chi connectivity index (χ1n) is 10.3. The Morgan fingerprint density at radius 3 is 2.76 bits per heavy atom. The molecule has 1 aliphatic heterocycles. The van der Waals surface area contributed by atoms with Crippen LogP contribution in [0.15, 0.2) is 29.2 Å². The average Bonchev–Trinajstić information content (AvgIpc) is 3.29. The third-order valence-electron chi connectivity index (χ3n) is 5.98. The monoisotopic (exact) mass is 495 g/mol. The van der Waals surface area contributed by atoms with E-state index >= 15 is 0 Å². The van der Waals surface area contributed by atoms with Gasteiger partial charge in [0.15, 0.2) is 5.82 Å². The maximum atomic E-state index is 14.8. The fourth-order valence-corrected chi connectivity index (χ4v) is 5.79. The molecule has 0 radical (unpaired) electrons. The highest BCUT2D eigenvalue weighted by Gasteiger charge is 2.36. The smallest absolute Gasteiger partial charge is 0.244 e. The highest BCUT2D eigenvalue weighted by molar-refractivity contribution is 7.89. The Balaban J connectivity index is 1.79. The van der Waals surface area contributed by atoms with Gasteiger partial charge < -0.3 is 9.84 Å². The number of ether oxygens (including phenoxy) is 1. The molecule has 0 saturated carbocycles. The van der Waals surface area contributed by atoms with Crippen molar-refractivity contribution >= 4 is 21.6 Å². The van der Waals surface area contributed by atoms with E-state index in [9.17, 15) is 17.9 Å². The van der Waals surface area contributed by atoms with Crippen molar-refractivity contribution in [1.29, 1.82) is 0 Å². The van der Waals surface area contributed by atoms with E-state index < -0.39 is 33.9 Å². The molecule has 0 bridgehead atoms. The van der Waals surface area contributed by atoms with Gasteiger partial charge in [-0.15, -0.1) is 10.2 Å². The van der Waals surface area contributed by atoms with E-state index in [0.29, 0.717) is 11.1 Å². The van der Waals surface area contributed by atoms with Crippen LogP contribution in [0.25, 0.3) is 0 Å². The Morgan fingerprint density at radius 2 is 2.06 bits per heavy atom. The zero-order chi connectivity index (χ0) is 23.9. The molecule has 3 aromatic rings. The molecule has 9 nitrogen and oxygen atoms in total. The minimum atomic E-state index is -4.24. The molecule has 0 saturated heterocycles. The van der Waals surface area contributed by atoms with Crippen molar-refractivity contribution in [2.24, 2.45) is 0 Å². The van der Waals surface area contributed by atoms with Crippen molar-refractivity contribution in [3.8, 4) is 5.75 Å². The highest BCUT2D eigenvalue weighted by atomic mass is 35.5. The standard InChI is InChI=1S/C21H23ClFN5O4S/c1-10-4-6-14(23)17(11(10)2)12(3)19(21-24-27-28-25-21)26-33(30,31)16-7-5-13(22)18-15(29)8-9-32-20(16)18/h4-7,12,15,19,26,29H,8-9H2,1-3H3,(H,24,25,27,28)/t12?,15-,19?/m0/s1. The summed E-state index contributed by atoms with van der Waals surface area (Å²) < 4.78 is 50.0. The number of nitrogens with one attached hydrogen (secondary N) is 2. The fraction of sp³-hybridized carbons (Fsp3) is 0.381. The molecule has 33 heavy (non-hydrogen) atoms. The van der Waals surface area contributed by atoms with Crippen LogP contribution in [-0.2, 0) is 10.0 Å².